The van der Waals surface area contributed by atoms with Crippen LogP contribution in [0.5, 0.6) is 11.5 Å². The Morgan fingerprint density at radius 2 is 1.48 bits per heavy atom. The van der Waals surface area contributed by atoms with Gasteiger partial charge in [-0.2, -0.15) is 0 Å². The minimum absolute atomic E-state index is 0.335. The molecule has 0 spiro atoms. The molecule has 0 N–H and O–H groups in total. The molecule has 148 valence electrons. The van der Waals surface area contributed by atoms with Gasteiger partial charge in [0.2, 0.25) is 0 Å². The minimum atomic E-state index is 0.335. The van der Waals surface area contributed by atoms with Crippen LogP contribution in [0.1, 0.15) is 16.8 Å². The molecular formula is C25H17AsN4O. The Hall–Kier alpha value is -4.05. The fourth-order valence-electron chi connectivity index (χ4n) is 3.07. The first kappa shape index (κ1) is 20.2. The molecule has 0 fully saturated rings. The molecule has 1 aromatic heterocycles. The average molecular weight is 464 g/mol. The monoisotopic (exact) mass is 464 g/mol. The van der Waals surface area contributed by atoms with Gasteiger partial charge in [-0.3, -0.25) is 0 Å². The van der Waals surface area contributed by atoms with E-state index in [4.69, 9.17) is 4.74 Å². The Labute approximate surface area is 188 Å². The first-order valence-corrected chi connectivity index (χ1v) is 10.7. The molecule has 31 heavy (non-hydrogen) atoms. The van der Waals surface area contributed by atoms with Crippen LogP contribution >= 0.6 is 0 Å². The van der Waals surface area contributed by atoms with Crippen molar-refractivity contribution < 1.29 is 4.74 Å². The summed E-state index contributed by atoms with van der Waals surface area (Å²) in [5.74, 6) is 1.46. The summed E-state index contributed by atoms with van der Waals surface area (Å²) >= 11 is 1.29. The summed E-state index contributed by atoms with van der Waals surface area (Å²) in [6, 6.07) is 30.9. The maximum atomic E-state index is 9.78. The quantitative estimate of drug-likeness (QED) is 0.332. The Kier molecular flexibility index (Phi) is 5.99. The van der Waals surface area contributed by atoms with Crippen LogP contribution in [0, 0.1) is 22.7 Å². The fourth-order valence-corrected chi connectivity index (χ4v) is 3.93. The van der Waals surface area contributed by atoms with E-state index in [1.807, 2.05) is 84.9 Å². The van der Waals surface area contributed by atoms with Crippen LogP contribution in [0.4, 0.5) is 0 Å². The maximum absolute atomic E-state index is 9.78. The second kappa shape index (κ2) is 9.18. The van der Waals surface area contributed by atoms with E-state index in [0.29, 0.717) is 22.6 Å². The van der Waals surface area contributed by atoms with Crippen LogP contribution in [0.2, 0.25) is 0 Å². The molecule has 5 nitrogen and oxygen atoms in total. The number of benzene rings is 3. The fraction of sp³-hybridized carbons (Fsp3) is 0. The van der Waals surface area contributed by atoms with Crippen molar-refractivity contribution in [2.24, 2.45) is 0 Å². The predicted octanol–water partition coefficient (Wildman–Crippen LogP) is 3.86. The van der Waals surface area contributed by atoms with Gasteiger partial charge in [0.15, 0.2) is 0 Å². The van der Waals surface area contributed by atoms with Crippen molar-refractivity contribution in [3.05, 3.63) is 102 Å². The van der Waals surface area contributed by atoms with Gasteiger partial charge in [-0.05, 0) is 0 Å². The standard InChI is InChI=1S/C25H17AsN4O/c26-25-23(17-28)24(29-30(25)20-7-3-1-4-8-20)19(16-27)15-18-11-13-22(14-12-18)31-21-9-5-2-6-10-21/h1-15H,26H2. The topological polar surface area (TPSA) is 74.6 Å². The Morgan fingerprint density at radius 3 is 2.10 bits per heavy atom. The van der Waals surface area contributed by atoms with Crippen molar-refractivity contribution in [2.45, 2.75) is 0 Å². The van der Waals surface area contributed by atoms with Crippen LogP contribution in [0.3, 0.4) is 0 Å². The van der Waals surface area contributed by atoms with Gasteiger partial charge in [0, 0.05) is 0 Å². The second-order valence-electron chi connectivity index (χ2n) is 6.62. The third kappa shape index (κ3) is 4.43. The number of nitrogens with zero attached hydrogens (tertiary/aromatic N) is 4. The van der Waals surface area contributed by atoms with Gasteiger partial charge in [-0.1, -0.05) is 18.2 Å². The van der Waals surface area contributed by atoms with Gasteiger partial charge in [0.25, 0.3) is 0 Å². The number of nitriles is 2. The normalized spacial score (nSPS) is 10.9. The molecule has 4 aromatic rings. The summed E-state index contributed by atoms with van der Waals surface area (Å²) in [7, 11) is 0. The molecule has 0 amide bonds. The summed E-state index contributed by atoms with van der Waals surface area (Å²) in [6.07, 6.45) is 1.73. The number of hydrogen-bond donors (Lipinski definition) is 0. The van der Waals surface area contributed by atoms with Crippen molar-refractivity contribution in [2.75, 3.05) is 0 Å². The molecule has 1 atom stereocenters. The Bertz CT molecular complexity index is 1310. The Morgan fingerprint density at radius 1 is 0.871 bits per heavy atom. The number of para-hydroxylation sites is 2. The zero-order valence-corrected chi connectivity index (χ0v) is 18.9. The third-order valence-corrected chi connectivity index (χ3v) is 5.70. The molecule has 0 bridgehead atoms. The van der Waals surface area contributed by atoms with Crippen molar-refractivity contribution in [1.29, 1.82) is 10.5 Å². The number of allylic oxidation sites excluding steroid dienone is 1. The first-order valence-electron chi connectivity index (χ1n) is 9.49. The third-order valence-electron chi connectivity index (χ3n) is 4.58. The molecule has 0 radical (unpaired) electrons. The summed E-state index contributed by atoms with van der Waals surface area (Å²) in [4.78, 5) is 0. The van der Waals surface area contributed by atoms with E-state index < -0.39 is 0 Å². The van der Waals surface area contributed by atoms with E-state index >= 15 is 0 Å². The SMILES string of the molecule is N#CC(=Cc1ccc(Oc2ccccc2)cc1)c1nn(-c2ccccc2)c([AsH2])c1C#N. The van der Waals surface area contributed by atoms with Crippen LogP contribution in [0.15, 0.2) is 84.9 Å². The number of rotatable bonds is 5. The molecule has 3 aromatic carbocycles. The summed E-state index contributed by atoms with van der Waals surface area (Å²) in [5.41, 5.74) is 2.81. The van der Waals surface area contributed by atoms with Crippen LogP contribution < -0.4 is 9.22 Å². The van der Waals surface area contributed by atoms with E-state index in [0.717, 1.165) is 21.5 Å². The number of hydrogen-bond acceptors (Lipinski definition) is 4. The molecule has 0 saturated carbocycles. The Balaban J connectivity index is 1.66. The zero-order valence-electron chi connectivity index (χ0n) is 16.4. The number of aromatic nitrogens is 2. The van der Waals surface area contributed by atoms with Crippen LogP contribution in [-0.2, 0) is 0 Å². The first-order chi connectivity index (χ1) is 15.2. The molecule has 6 heteroatoms. The van der Waals surface area contributed by atoms with Crippen molar-refractivity contribution in [1.82, 2.24) is 9.78 Å². The van der Waals surface area contributed by atoms with Gasteiger partial charge in [0.1, 0.15) is 0 Å². The van der Waals surface area contributed by atoms with Gasteiger partial charge in [-0.15, -0.1) is 0 Å². The van der Waals surface area contributed by atoms with Crippen LogP contribution in [0.25, 0.3) is 17.3 Å². The van der Waals surface area contributed by atoms with E-state index in [2.05, 4.69) is 17.2 Å². The summed E-state index contributed by atoms with van der Waals surface area (Å²) in [5, 5.41) is 24.1. The van der Waals surface area contributed by atoms with Gasteiger partial charge in [0.05, 0.1) is 0 Å². The zero-order chi connectivity index (χ0) is 21.6. The molecule has 0 aliphatic rings. The summed E-state index contributed by atoms with van der Waals surface area (Å²) < 4.78 is 8.28. The van der Waals surface area contributed by atoms with Crippen molar-refractivity contribution in [3.63, 3.8) is 0 Å². The molecule has 1 heterocycles. The molecule has 0 aliphatic heterocycles. The molecule has 4 rings (SSSR count). The van der Waals surface area contributed by atoms with Crippen LogP contribution in [-0.4, -0.2) is 26.6 Å². The van der Waals surface area contributed by atoms with E-state index in [1.54, 1.807) is 10.8 Å². The van der Waals surface area contributed by atoms with Gasteiger partial charge >= 0.3 is 171 Å². The molecule has 0 saturated heterocycles. The number of ether oxygens (including phenoxy) is 1. The van der Waals surface area contributed by atoms with Gasteiger partial charge < -0.3 is 0 Å². The predicted molar refractivity (Wildman–Crippen MR) is 123 cm³/mol. The van der Waals surface area contributed by atoms with E-state index in [9.17, 15) is 10.5 Å². The summed E-state index contributed by atoms with van der Waals surface area (Å²) in [6.45, 7) is 0. The van der Waals surface area contributed by atoms with Crippen molar-refractivity contribution >= 4 is 33.0 Å². The molecular weight excluding hydrogens is 447 g/mol. The van der Waals surface area contributed by atoms with E-state index in [-0.39, 0.29) is 0 Å². The van der Waals surface area contributed by atoms with Crippen molar-refractivity contribution in [3.8, 4) is 29.3 Å². The second-order valence-corrected chi connectivity index (χ2v) is 7.77. The van der Waals surface area contributed by atoms with Gasteiger partial charge in [-0.25, -0.2) is 0 Å². The molecule has 1 unspecified atom stereocenters. The molecule has 0 aliphatic carbocycles. The average Bonchev–Trinajstić information content (AvgIpc) is 3.15. The van der Waals surface area contributed by atoms with E-state index in [1.165, 1.54) is 16.9 Å².